The van der Waals surface area contributed by atoms with Crippen molar-refractivity contribution in [1.29, 1.82) is 0 Å². The topological polar surface area (TPSA) is 35.0 Å². The molecule has 0 saturated heterocycles. The molecule has 0 unspecified atom stereocenters. The van der Waals surface area contributed by atoms with Gasteiger partial charge in [0, 0.05) is 0 Å². The summed E-state index contributed by atoms with van der Waals surface area (Å²) in [4.78, 5) is 7.17. The molecule has 0 fully saturated rings. The highest BCUT2D eigenvalue weighted by molar-refractivity contribution is 6.29. The van der Waals surface area contributed by atoms with Gasteiger partial charge in [0.1, 0.15) is 11.8 Å². The zero-order valence-electron chi connectivity index (χ0n) is 8.14. The summed E-state index contributed by atoms with van der Waals surface area (Å²) in [6, 6.07) is 0. The fourth-order valence-corrected chi connectivity index (χ4v) is 0.877. The van der Waals surface area contributed by atoms with Crippen molar-refractivity contribution in [2.45, 2.75) is 18.7 Å². The maximum absolute atomic E-state index is 12.4. The third kappa shape index (κ3) is 4.04. The first-order valence-corrected chi connectivity index (χ1v) is 4.59. The Kier molecular flexibility index (Phi) is 4.21. The first-order chi connectivity index (χ1) is 7.72. The molecule has 0 aromatic carbocycles. The van der Waals surface area contributed by atoms with Crippen LogP contribution in [-0.2, 0) is 11.3 Å². The summed E-state index contributed by atoms with van der Waals surface area (Å²) in [5.74, 6) is -4.88. The molecule has 0 aliphatic heterocycles. The van der Waals surface area contributed by atoms with E-state index in [0.717, 1.165) is 12.4 Å². The fourth-order valence-electron chi connectivity index (χ4n) is 0.779. The van der Waals surface area contributed by atoms with Gasteiger partial charge in [0.15, 0.2) is 0 Å². The van der Waals surface area contributed by atoms with Crippen LogP contribution in [0, 0.1) is 0 Å². The van der Waals surface area contributed by atoms with Crippen LogP contribution in [0.25, 0.3) is 0 Å². The Balaban J connectivity index is 2.45. The number of ether oxygens (including phenoxy) is 1. The molecule has 0 aliphatic rings. The predicted molar refractivity (Wildman–Crippen MR) is 47.7 cm³/mol. The maximum atomic E-state index is 12.4. The molecule has 3 nitrogen and oxygen atoms in total. The molecule has 0 aliphatic carbocycles. The van der Waals surface area contributed by atoms with Crippen LogP contribution in [0.2, 0.25) is 5.15 Å². The van der Waals surface area contributed by atoms with E-state index in [1.165, 1.54) is 0 Å². The van der Waals surface area contributed by atoms with Gasteiger partial charge < -0.3 is 4.74 Å². The van der Waals surface area contributed by atoms with Gasteiger partial charge in [-0.2, -0.15) is 22.0 Å². The first kappa shape index (κ1) is 14.0. The highest BCUT2D eigenvalue weighted by Gasteiger charge is 2.57. The van der Waals surface area contributed by atoms with Crippen molar-refractivity contribution >= 4 is 11.6 Å². The minimum absolute atomic E-state index is 0.0781. The van der Waals surface area contributed by atoms with E-state index >= 15 is 0 Å². The summed E-state index contributed by atoms with van der Waals surface area (Å²) in [6.45, 7) is -2.27. The second kappa shape index (κ2) is 5.09. The SMILES string of the molecule is FC(F)(F)C(F)(F)COCc1cnc(Cl)cn1. The highest BCUT2D eigenvalue weighted by Crippen LogP contribution is 2.35. The van der Waals surface area contributed by atoms with Crippen molar-refractivity contribution < 1.29 is 26.7 Å². The third-order valence-electron chi connectivity index (χ3n) is 1.62. The molecule has 17 heavy (non-hydrogen) atoms. The van der Waals surface area contributed by atoms with Crippen molar-refractivity contribution in [2.75, 3.05) is 6.61 Å². The summed E-state index contributed by atoms with van der Waals surface area (Å²) in [5, 5.41) is 0.0781. The van der Waals surface area contributed by atoms with E-state index in [1.54, 1.807) is 0 Å². The van der Waals surface area contributed by atoms with Crippen LogP contribution in [-0.4, -0.2) is 28.7 Å². The van der Waals surface area contributed by atoms with Crippen LogP contribution < -0.4 is 0 Å². The summed E-state index contributed by atoms with van der Waals surface area (Å²) in [6.07, 6.45) is -3.38. The number of hydrogen-bond acceptors (Lipinski definition) is 3. The van der Waals surface area contributed by atoms with Gasteiger partial charge in [-0.05, 0) is 0 Å². The lowest BCUT2D eigenvalue weighted by Gasteiger charge is -2.19. The van der Waals surface area contributed by atoms with Crippen LogP contribution in [0.1, 0.15) is 5.69 Å². The molecule has 1 heterocycles. The van der Waals surface area contributed by atoms with Crippen LogP contribution >= 0.6 is 11.6 Å². The van der Waals surface area contributed by atoms with Crippen molar-refractivity contribution in [1.82, 2.24) is 9.97 Å². The molecule has 0 bridgehead atoms. The third-order valence-corrected chi connectivity index (χ3v) is 1.82. The van der Waals surface area contributed by atoms with Crippen LogP contribution in [0.5, 0.6) is 0 Å². The Morgan fingerprint density at radius 2 is 1.76 bits per heavy atom. The largest absolute Gasteiger partial charge is 0.455 e. The standard InChI is InChI=1S/C8H6ClF5N2O/c9-6-2-15-5(1-16-6)3-17-4-7(10,11)8(12,13)14/h1-2H,3-4H2. The predicted octanol–water partition coefficient (Wildman–Crippen LogP) is 2.84. The van der Waals surface area contributed by atoms with Gasteiger partial charge >= 0.3 is 12.1 Å². The Morgan fingerprint density at radius 3 is 2.24 bits per heavy atom. The fraction of sp³-hybridized carbons (Fsp3) is 0.500. The maximum Gasteiger partial charge on any atom is 0.455 e. The monoisotopic (exact) mass is 276 g/mol. The number of alkyl halides is 5. The second-order valence-electron chi connectivity index (χ2n) is 3.03. The molecule has 1 aromatic rings. The molecule has 0 saturated carbocycles. The number of nitrogens with zero attached hydrogens (tertiary/aromatic N) is 2. The lowest BCUT2D eigenvalue weighted by Crippen LogP contribution is -2.40. The number of rotatable bonds is 4. The van der Waals surface area contributed by atoms with Gasteiger partial charge in [0.05, 0.1) is 24.7 Å². The average molecular weight is 277 g/mol. The Hall–Kier alpha value is -1.02. The summed E-state index contributed by atoms with van der Waals surface area (Å²) >= 11 is 5.39. The van der Waals surface area contributed by atoms with Gasteiger partial charge in [0.25, 0.3) is 0 Å². The number of aromatic nitrogens is 2. The van der Waals surface area contributed by atoms with E-state index in [1.807, 2.05) is 0 Å². The summed E-state index contributed by atoms with van der Waals surface area (Å²) in [7, 11) is 0. The van der Waals surface area contributed by atoms with E-state index in [-0.39, 0.29) is 10.8 Å². The molecule has 1 rings (SSSR count). The second-order valence-corrected chi connectivity index (χ2v) is 3.41. The minimum atomic E-state index is -5.63. The Bertz CT molecular complexity index is 367. The van der Waals surface area contributed by atoms with Gasteiger partial charge in [-0.1, -0.05) is 11.6 Å². The quantitative estimate of drug-likeness (QED) is 0.793. The van der Waals surface area contributed by atoms with Gasteiger partial charge in [-0.25, -0.2) is 4.98 Å². The number of hydrogen-bond donors (Lipinski definition) is 0. The molecule has 0 N–H and O–H groups in total. The molecule has 0 radical (unpaired) electrons. The smallest absolute Gasteiger partial charge is 0.368 e. The molecule has 9 heteroatoms. The van der Waals surface area contributed by atoms with Gasteiger partial charge in [0.2, 0.25) is 0 Å². The van der Waals surface area contributed by atoms with Gasteiger partial charge in [-0.15, -0.1) is 0 Å². The van der Waals surface area contributed by atoms with E-state index in [9.17, 15) is 22.0 Å². The highest BCUT2D eigenvalue weighted by atomic mass is 35.5. The Morgan fingerprint density at radius 1 is 1.12 bits per heavy atom. The van der Waals surface area contributed by atoms with E-state index in [0.29, 0.717) is 0 Å². The summed E-state index contributed by atoms with van der Waals surface area (Å²) in [5.41, 5.74) is 0.104. The van der Waals surface area contributed by atoms with Crippen molar-refractivity contribution in [3.8, 4) is 0 Å². The van der Waals surface area contributed by atoms with Gasteiger partial charge in [-0.3, -0.25) is 4.98 Å². The Labute approximate surface area is 97.6 Å². The van der Waals surface area contributed by atoms with Crippen LogP contribution in [0.15, 0.2) is 12.4 Å². The van der Waals surface area contributed by atoms with E-state index < -0.39 is 25.3 Å². The molecule has 0 amide bonds. The minimum Gasteiger partial charge on any atom is -0.368 e. The van der Waals surface area contributed by atoms with Crippen LogP contribution in [0.4, 0.5) is 22.0 Å². The molecular weight excluding hydrogens is 271 g/mol. The molecule has 0 atom stereocenters. The lowest BCUT2D eigenvalue weighted by molar-refractivity contribution is -0.297. The zero-order valence-corrected chi connectivity index (χ0v) is 8.90. The van der Waals surface area contributed by atoms with Crippen molar-refractivity contribution in [3.05, 3.63) is 23.2 Å². The van der Waals surface area contributed by atoms with Crippen molar-refractivity contribution in [3.63, 3.8) is 0 Å². The molecule has 0 spiro atoms. The average Bonchev–Trinajstić information content (AvgIpc) is 2.19. The first-order valence-electron chi connectivity index (χ1n) is 4.21. The molecule has 96 valence electrons. The normalized spacial score (nSPS) is 12.8. The van der Waals surface area contributed by atoms with E-state index in [2.05, 4.69) is 14.7 Å². The zero-order chi connectivity index (χ0) is 13.1. The van der Waals surface area contributed by atoms with Crippen LogP contribution in [0.3, 0.4) is 0 Å². The molecule has 1 aromatic heterocycles. The van der Waals surface area contributed by atoms with Crippen molar-refractivity contribution in [2.24, 2.45) is 0 Å². The summed E-state index contributed by atoms with van der Waals surface area (Å²) < 4.78 is 64.2. The lowest BCUT2D eigenvalue weighted by atomic mass is 10.3. The molecular formula is C8H6ClF5N2O. The number of halogens is 6. The van der Waals surface area contributed by atoms with E-state index in [4.69, 9.17) is 11.6 Å².